The van der Waals surface area contributed by atoms with Gasteiger partial charge in [-0.05, 0) is 37.2 Å². The fourth-order valence-electron chi connectivity index (χ4n) is 1.88. The van der Waals surface area contributed by atoms with Crippen LogP contribution in [0.15, 0.2) is 30.5 Å². The van der Waals surface area contributed by atoms with Crippen LogP contribution in [0.3, 0.4) is 0 Å². The summed E-state index contributed by atoms with van der Waals surface area (Å²) in [5.74, 6) is -0.234. The summed E-state index contributed by atoms with van der Waals surface area (Å²) in [7, 11) is 1.70. The monoisotopic (exact) mass is 263 g/mol. The summed E-state index contributed by atoms with van der Waals surface area (Å²) in [6, 6.07) is 6.40. The molecule has 2 aromatic rings. The van der Waals surface area contributed by atoms with Gasteiger partial charge in [-0.15, -0.1) is 0 Å². The molecule has 0 aliphatic rings. The zero-order valence-corrected chi connectivity index (χ0v) is 10.9. The minimum Gasteiger partial charge on any atom is -0.385 e. The maximum absolute atomic E-state index is 12.9. The van der Waals surface area contributed by atoms with Gasteiger partial charge in [-0.3, -0.25) is 5.10 Å². The molecule has 19 heavy (non-hydrogen) atoms. The molecule has 0 saturated carbocycles. The Morgan fingerprint density at radius 2 is 2.11 bits per heavy atom. The highest BCUT2D eigenvalue weighted by Gasteiger charge is 2.07. The van der Waals surface area contributed by atoms with E-state index in [1.807, 2.05) is 0 Å². The van der Waals surface area contributed by atoms with Crippen molar-refractivity contribution in [2.75, 3.05) is 20.3 Å². The summed E-state index contributed by atoms with van der Waals surface area (Å²) in [6.45, 7) is 2.37. The molecule has 0 aliphatic carbocycles. The Morgan fingerprint density at radius 3 is 2.84 bits per heavy atom. The van der Waals surface area contributed by atoms with E-state index in [9.17, 15) is 4.39 Å². The van der Waals surface area contributed by atoms with Gasteiger partial charge < -0.3 is 10.1 Å². The molecule has 0 unspecified atom stereocenters. The molecule has 0 atom stereocenters. The highest BCUT2D eigenvalue weighted by Crippen LogP contribution is 2.21. The molecule has 2 rings (SSSR count). The number of nitrogens with one attached hydrogen (secondary N) is 2. The first-order chi connectivity index (χ1) is 9.31. The normalized spacial score (nSPS) is 10.8. The van der Waals surface area contributed by atoms with Gasteiger partial charge in [-0.25, -0.2) is 4.39 Å². The van der Waals surface area contributed by atoms with Gasteiger partial charge in [-0.2, -0.15) is 5.10 Å². The maximum Gasteiger partial charge on any atom is 0.123 e. The van der Waals surface area contributed by atoms with E-state index in [4.69, 9.17) is 4.74 Å². The Kier molecular flexibility index (Phi) is 5.06. The fourth-order valence-corrected chi connectivity index (χ4v) is 1.88. The van der Waals surface area contributed by atoms with Gasteiger partial charge in [0, 0.05) is 31.4 Å². The Balaban J connectivity index is 1.96. The Hall–Kier alpha value is -1.72. The largest absolute Gasteiger partial charge is 0.385 e. The molecule has 0 radical (unpaired) electrons. The molecular weight excluding hydrogens is 245 g/mol. The third kappa shape index (κ3) is 3.87. The average Bonchev–Trinajstić information content (AvgIpc) is 2.88. The van der Waals surface area contributed by atoms with Crippen molar-refractivity contribution in [3.8, 4) is 11.3 Å². The number of hydrogen-bond acceptors (Lipinski definition) is 3. The van der Waals surface area contributed by atoms with E-state index in [2.05, 4.69) is 15.5 Å². The van der Waals surface area contributed by atoms with Crippen LogP contribution in [0.25, 0.3) is 11.3 Å². The molecule has 102 valence electrons. The highest BCUT2D eigenvalue weighted by molar-refractivity contribution is 5.62. The minimum atomic E-state index is -0.234. The average molecular weight is 263 g/mol. The van der Waals surface area contributed by atoms with Crippen LogP contribution < -0.4 is 5.32 Å². The molecule has 1 heterocycles. The molecule has 1 aromatic heterocycles. The second-order valence-electron chi connectivity index (χ2n) is 4.30. The highest BCUT2D eigenvalue weighted by atomic mass is 19.1. The minimum absolute atomic E-state index is 0.234. The van der Waals surface area contributed by atoms with Crippen molar-refractivity contribution in [1.29, 1.82) is 0 Å². The number of aromatic nitrogens is 2. The predicted octanol–water partition coefficient (Wildman–Crippen LogP) is 2.34. The summed E-state index contributed by atoms with van der Waals surface area (Å²) in [6.07, 6.45) is 2.77. The maximum atomic E-state index is 12.9. The molecular formula is C14H18FN3O. The number of hydrogen-bond donors (Lipinski definition) is 2. The van der Waals surface area contributed by atoms with E-state index in [1.54, 1.807) is 25.4 Å². The van der Waals surface area contributed by atoms with E-state index in [0.717, 1.165) is 42.9 Å². The molecule has 1 aromatic carbocycles. The number of halogens is 1. The van der Waals surface area contributed by atoms with Crippen molar-refractivity contribution in [2.24, 2.45) is 0 Å². The van der Waals surface area contributed by atoms with Gasteiger partial charge in [0.1, 0.15) is 5.82 Å². The van der Waals surface area contributed by atoms with Crippen LogP contribution in [0, 0.1) is 5.82 Å². The van der Waals surface area contributed by atoms with Crippen LogP contribution in [0.4, 0.5) is 4.39 Å². The number of aromatic amines is 1. The summed E-state index contributed by atoms with van der Waals surface area (Å²) in [4.78, 5) is 0. The van der Waals surface area contributed by atoms with Crippen molar-refractivity contribution < 1.29 is 9.13 Å². The number of ether oxygens (including phenoxy) is 1. The number of nitrogens with zero attached hydrogens (tertiary/aromatic N) is 1. The second-order valence-corrected chi connectivity index (χ2v) is 4.30. The molecule has 2 N–H and O–H groups in total. The summed E-state index contributed by atoms with van der Waals surface area (Å²) in [5.41, 5.74) is 2.94. The fraction of sp³-hybridized carbons (Fsp3) is 0.357. The van der Waals surface area contributed by atoms with E-state index in [-0.39, 0.29) is 5.82 Å². The molecule has 0 spiro atoms. The zero-order chi connectivity index (χ0) is 13.5. The first-order valence-electron chi connectivity index (χ1n) is 6.29. The lowest BCUT2D eigenvalue weighted by Gasteiger charge is -2.05. The molecule has 4 nitrogen and oxygen atoms in total. The second kappa shape index (κ2) is 7.01. The molecule has 0 fully saturated rings. The van der Waals surface area contributed by atoms with E-state index in [0.29, 0.717) is 0 Å². The Morgan fingerprint density at radius 1 is 1.32 bits per heavy atom. The molecule has 5 heteroatoms. The van der Waals surface area contributed by atoms with Crippen molar-refractivity contribution in [3.05, 3.63) is 41.8 Å². The van der Waals surface area contributed by atoms with Gasteiger partial charge in [0.2, 0.25) is 0 Å². The Bertz CT molecular complexity index is 496. The van der Waals surface area contributed by atoms with Gasteiger partial charge >= 0.3 is 0 Å². The summed E-state index contributed by atoms with van der Waals surface area (Å²) < 4.78 is 17.9. The number of rotatable bonds is 7. The number of benzene rings is 1. The summed E-state index contributed by atoms with van der Waals surface area (Å²) in [5, 5.41) is 10.3. The van der Waals surface area contributed by atoms with Crippen LogP contribution >= 0.6 is 0 Å². The standard InChI is InChI=1S/C14H18FN3O/c1-19-8-2-7-16-9-12-10-17-18-14(12)11-3-5-13(15)6-4-11/h3-6,10,16H,2,7-9H2,1H3,(H,17,18). The van der Waals surface area contributed by atoms with Crippen LogP contribution in [0.2, 0.25) is 0 Å². The van der Waals surface area contributed by atoms with Gasteiger partial charge in [0.05, 0.1) is 11.9 Å². The van der Waals surface area contributed by atoms with Gasteiger partial charge in [0.25, 0.3) is 0 Å². The lowest BCUT2D eigenvalue weighted by molar-refractivity contribution is 0.194. The van der Waals surface area contributed by atoms with Crippen LogP contribution in [0.5, 0.6) is 0 Å². The first-order valence-corrected chi connectivity index (χ1v) is 6.29. The van der Waals surface area contributed by atoms with Crippen LogP contribution in [0.1, 0.15) is 12.0 Å². The Labute approximate surface area is 112 Å². The zero-order valence-electron chi connectivity index (χ0n) is 10.9. The molecule has 0 aliphatic heterocycles. The SMILES string of the molecule is COCCCNCc1cn[nH]c1-c1ccc(F)cc1. The summed E-state index contributed by atoms with van der Waals surface area (Å²) >= 11 is 0. The van der Waals surface area contributed by atoms with Crippen molar-refractivity contribution in [2.45, 2.75) is 13.0 Å². The lowest BCUT2D eigenvalue weighted by Crippen LogP contribution is -2.16. The molecule has 0 amide bonds. The van der Waals surface area contributed by atoms with Crippen molar-refractivity contribution in [1.82, 2.24) is 15.5 Å². The molecule has 0 bridgehead atoms. The predicted molar refractivity (Wildman–Crippen MR) is 72.2 cm³/mol. The smallest absolute Gasteiger partial charge is 0.123 e. The number of H-pyrrole nitrogens is 1. The quantitative estimate of drug-likeness (QED) is 0.754. The third-order valence-corrected chi connectivity index (χ3v) is 2.87. The van der Waals surface area contributed by atoms with E-state index >= 15 is 0 Å². The topological polar surface area (TPSA) is 49.9 Å². The lowest BCUT2D eigenvalue weighted by atomic mass is 10.1. The van der Waals surface area contributed by atoms with Crippen LogP contribution in [-0.2, 0) is 11.3 Å². The van der Waals surface area contributed by atoms with Gasteiger partial charge in [-0.1, -0.05) is 0 Å². The van der Waals surface area contributed by atoms with Gasteiger partial charge in [0.15, 0.2) is 0 Å². The van der Waals surface area contributed by atoms with E-state index in [1.165, 1.54) is 12.1 Å². The van der Waals surface area contributed by atoms with Crippen LogP contribution in [-0.4, -0.2) is 30.5 Å². The first kappa shape index (κ1) is 13.7. The van der Waals surface area contributed by atoms with Crippen molar-refractivity contribution in [3.63, 3.8) is 0 Å². The van der Waals surface area contributed by atoms with Crippen molar-refractivity contribution >= 4 is 0 Å². The van der Waals surface area contributed by atoms with E-state index < -0.39 is 0 Å². The number of methoxy groups -OCH3 is 1. The molecule has 0 saturated heterocycles. The third-order valence-electron chi connectivity index (χ3n) is 2.87.